The van der Waals surface area contributed by atoms with Crippen LogP contribution in [0.2, 0.25) is 0 Å². The summed E-state index contributed by atoms with van der Waals surface area (Å²) in [6, 6.07) is 10.9. The van der Waals surface area contributed by atoms with E-state index in [2.05, 4.69) is 112 Å². The minimum Gasteiger partial charge on any atom is -0.293 e. The predicted molar refractivity (Wildman–Crippen MR) is 210 cm³/mol. The zero-order chi connectivity index (χ0) is 33.2. The molecule has 0 unspecified atom stereocenters. The molecule has 0 aromatic heterocycles. The molecule has 262 valence electrons. The first-order valence-electron chi connectivity index (χ1n) is 20.1. The van der Waals surface area contributed by atoms with Gasteiger partial charge in [0, 0.05) is 0 Å². The van der Waals surface area contributed by atoms with E-state index >= 15 is 0 Å². The standard InChI is InChI=1S/C45H77N/c1-5-7-9-11-13-15-17-19-21-23-25-27-29-31-33-38-42-45(46(3)4,44-40-36-35-37-41-44)43-39-34-32-30-28-26-24-22-20-18-16-14-12-10-8-6-2/h31-43H,5-30H2,1-4H3. The van der Waals surface area contributed by atoms with Crippen molar-refractivity contribution in [3.8, 4) is 0 Å². The van der Waals surface area contributed by atoms with Crippen molar-refractivity contribution in [1.82, 2.24) is 4.90 Å². The number of unbranched alkanes of at least 4 members (excludes halogenated alkanes) is 24. The molecule has 1 nitrogen and oxygen atoms in total. The molecule has 1 rings (SSSR count). The number of likely N-dealkylation sites (N-methyl/N-ethyl adjacent to an activating group) is 1. The molecule has 0 fully saturated rings. The number of allylic oxidation sites excluding steroid dienone is 6. The van der Waals surface area contributed by atoms with Crippen LogP contribution in [0.1, 0.15) is 186 Å². The van der Waals surface area contributed by atoms with E-state index in [1.165, 1.54) is 173 Å². The lowest BCUT2D eigenvalue weighted by Gasteiger charge is -2.35. The molecule has 0 saturated carbocycles. The number of nitrogens with zero attached hydrogens (tertiary/aromatic N) is 1. The lowest BCUT2D eigenvalue weighted by atomic mass is 9.87. The van der Waals surface area contributed by atoms with Gasteiger partial charge in [-0.3, -0.25) is 4.90 Å². The number of hydrogen-bond acceptors (Lipinski definition) is 1. The van der Waals surface area contributed by atoms with Crippen LogP contribution in [0.5, 0.6) is 0 Å². The molecular formula is C45H77N. The Morgan fingerprint density at radius 2 is 0.761 bits per heavy atom. The van der Waals surface area contributed by atoms with E-state index in [0.717, 1.165) is 0 Å². The molecule has 0 saturated heterocycles. The van der Waals surface area contributed by atoms with E-state index in [1.807, 2.05) is 0 Å². The third-order valence-electron chi connectivity index (χ3n) is 9.62. The Kier molecular flexibility index (Phi) is 29.1. The van der Waals surface area contributed by atoms with Crippen LogP contribution in [0.25, 0.3) is 0 Å². The molecular weight excluding hydrogens is 555 g/mol. The second-order valence-electron chi connectivity index (χ2n) is 14.0. The summed E-state index contributed by atoms with van der Waals surface area (Å²) < 4.78 is 0. The Morgan fingerprint density at radius 3 is 1.09 bits per heavy atom. The maximum Gasteiger partial charge on any atom is 0.0833 e. The highest BCUT2D eigenvalue weighted by molar-refractivity contribution is 5.37. The number of hydrogen-bond donors (Lipinski definition) is 0. The van der Waals surface area contributed by atoms with Crippen molar-refractivity contribution in [2.75, 3.05) is 14.1 Å². The van der Waals surface area contributed by atoms with Crippen LogP contribution in [0.3, 0.4) is 0 Å². The first-order chi connectivity index (χ1) is 22.7. The Hall–Kier alpha value is -1.86. The summed E-state index contributed by atoms with van der Waals surface area (Å²) in [4.78, 5) is 2.33. The van der Waals surface area contributed by atoms with E-state index in [9.17, 15) is 0 Å². The average molecular weight is 632 g/mol. The summed E-state index contributed by atoms with van der Waals surface area (Å²) in [6.07, 6.45) is 54.7. The Morgan fingerprint density at radius 1 is 0.435 bits per heavy atom. The third kappa shape index (κ3) is 22.6. The minimum absolute atomic E-state index is 0.262. The summed E-state index contributed by atoms with van der Waals surface area (Å²) in [6.45, 7) is 4.60. The molecule has 0 aliphatic heterocycles. The van der Waals surface area contributed by atoms with Crippen LogP contribution >= 0.6 is 0 Å². The smallest absolute Gasteiger partial charge is 0.0833 e. The molecule has 46 heavy (non-hydrogen) atoms. The second kappa shape index (κ2) is 31.7. The van der Waals surface area contributed by atoms with E-state index in [4.69, 9.17) is 0 Å². The Balaban J connectivity index is 2.37. The van der Waals surface area contributed by atoms with Gasteiger partial charge in [-0.2, -0.15) is 0 Å². The molecule has 1 aromatic carbocycles. The molecule has 0 radical (unpaired) electrons. The maximum absolute atomic E-state index is 2.36. The van der Waals surface area contributed by atoms with Gasteiger partial charge in [-0.15, -0.1) is 0 Å². The van der Waals surface area contributed by atoms with Crippen LogP contribution < -0.4 is 0 Å². The highest BCUT2D eigenvalue weighted by atomic mass is 15.1. The van der Waals surface area contributed by atoms with Crippen molar-refractivity contribution >= 4 is 0 Å². The van der Waals surface area contributed by atoms with Gasteiger partial charge in [0.15, 0.2) is 0 Å². The topological polar surface area (TPSA) is 3.24 Å². The van der Waals surface area contributed by atoms with Crippen molar-refractivity contribution in [1.29, 1.82) is 0 Å². The highest BCUT2D eigenvalue weighted by Crippen LogP contribution is 2.30. The maximum atomic E-state index is 2.36. The normalized spacial score (nSPS) is 13.8. The quantitative estimate of drug-likeness (QED) is 0.0565. The zero-order valence-electron chi connectivity index (χ0n) is 31.3. The van der Waals surface area contributed by atoms with Crippen molar-refractivity contribution < 1.29 is 0 Å². The fourth-order valence-corrected chi connectivity index (χ4v) is 6.47. The Bertz CT molecular complexity index is 826. The van der Waals surface area contributed by atoms with Crippen LogP contribution in [0, 0.1) is 0 Å². The predicted octanol–water partition coefficient (Wildman–Crippen LogP) is 14.9. The van der Waals surface area contributed by atoms with E-state index in [-0.39, 0.29) is 5.54 Å². The monoisotopic (exact) mass is 632 g/mol. The van der Waals surface area contributed by atoms with Crippen molar-refractivity contribution in [2.45, 2.75) is 186 Å². The second-order valence-corrected chi connectivity index (χ2v) is 14.0. The van der Waals surface area contributed by atoms with Gasteiger partial charge in [0.25, 0.3) is 0 Å². The SMILES string of the molecule is CCCCCCCCCCCCCCC=CC=CC(C=CC=CCCCCCCCCCCCCCC)(c1ccccc1)N(C)C. The third-order valence-corrected chi connectivity index (χ3v) is 9.62. The van der Waals surface area contributed by atoms with E-state index in [0.29, 0.717) is 0 Å². The van der Waals surface area contributed by atoms with Gasteiger partial charge in [0.1, 0.15) is 0 Å². The molecule has 0 atom stereocenters. The molecule has 0 spiro atoms. The molecule has 0 aliphatic carbocycles. The first-order valence-corrected chi connectivity index (χ1v) is 20.1. The van der Waals surface area contributed by atoms with Crippen LogP contribution in [-0.2, 0) is 5.54 Å². The van der Waals surface area contributed by atoms with Crippen molar-refractivity contribution in [3.63, 3.8) is 0 Å². The largest absolute Gasteiger partial charge is 0.293 e. The summed E-state index contributed by atoms with van der Waals surface area (Å²) >= 11 is 0. The summed E-state index contributed by atoms with van der Waals surface area (Å²) in [7, 11) is 4.38. The van der Waals surface area contributed by atoms with Gasteiger partial charge in [0.05, 0.1) is 5.54 Å². The van der Waals surface area contributed by atoms with Crippen LogP contribution in [-0.4, -0.2) is 19.0 Å². The van der Waals surface area contributed by atoms with Crippen LogP contribution in [0.15, 0.2) is 78.9 Å². The number of rotatable bonds is 32. The van der Waals surface area contributed by atoms with Crippen molar-refractivity contribution in [2.24, 2.45) is 0 Å². The summed E-state index contributed by atoms with van der Waals surface area (Å²) in [5.41, 5.74) is 1.04. The van der Waals surface area contributed by atoms with Gasteiger partial charge in [0.2, 0.25) is 0 Å². The lowest BCUT2D eigenvalue weighted by molar-refractivity contribution is 0.267. The van der Waals surface area contributed by atoms with E-state index in [1.54, 1.807) is 0 Å². The highest BCUT2D eigenvalue weighted by Gasteiger charge is 2.28. The fraction of sp³-hybridized carbons (Fsp3) is 0.689. The molecule has 0 N–H and O–H groups in total. The summed E-state index contributed by atoms with van der Waals surface area (Å²) in [5.74, 6) is 0. The zero-order valence-corrected chi connectivity index (χ0v) is 31.3. The molecule has 0 aliphatic rings. The average Bonchev–Trinajstić information content (AvgIpc) is 3.07. The van der Waals surface area contributed by atoms with Crippen LogP contribution in [0.4, 0.5) is 0 Å². The Labute approximate surface area is 289 Å². The molecule has 0 heterocycles. The van der Waals surface area contributed by atoms with Gasteiger partial charge in [-0.1, -0.05) is 234 Å². The minimum atomic E-state index is -0.262. The van der Waals surface area contributed by atoms with Gasteiger partial charge >= 0.3 is 0 Å². The van der Waals surface area contributed by atoms with E-state index < -0.39 is 0 Å². The fourth-order valence-electron chi connectivity index (χ4n) is 6.47. The van der Waals surface area contributed by atoms with Gasteiger partial charge in [-0.25, -0.2) is 0 Å². The molecule has 0 bridgehead atoms. The summed E-state index contributed by atoms with van der Waals surface area (Å²) in [5, 5.41) is 0. The van der Waals surface area contributed by atoms with Crippen molar-refractivity contribution in [3.05, 3.63) is 84.5 Å². The lowest BCUT2D eigenvalue weighted by Crippen LogP contribution is -2.37. The molecule has 1 heteroatoms. The molecule has 0 amide bonds. The first kappa shape index (κ1) is 42.2. The molecule has 1 aromatic rings. The number of benzene rings is 1. The van der Waals surface area contributed by atoms with Gasteiger partial charge < -0.3 is 0 Å². The van der Waals surface area contributed by atoms with Gasteiger partial charge in [-0.05, 0) is 45.3 Å².